The molecule has 4 heteroatoms. The number of hydrogen-bond acceptors (Lipinski definition) is 2. The van der Waals surface area contributed by atoms with Crippen LogP contribution < -0.4 is 0 Å². The van der Waals surface area contributed by atoms with Crippen LogP contribution in [0.25, 0.3) is 0 Å². The van der Waals surface area contributed by atoms with Crippen LogP contribution in [0.3, 0.4) is 0 Å². The van der Waals surface area contributed by atoms with E-state index in [1.807, 2.05) is 0 Å². The topological polar surface area (TPSA) is 18.5 Å². The SMILES string of the molecule is CC1(C)[C@H]2C[C@@H]3OB(CBr)O[C@]3(C)[C@@H]1C2. The van der Waals surface area contributed by atoms with E-state index in [2.05, 4.69) is 36.7 Å². The Morgan fingerprint density at radius 2 is 2.07 bits per heavy atom. The molecule has 0 aromatic heterocycles. The fourth-order valence-corrected chi connectivity index (χ4v) is 4.30. The van der Waals surface area contributed by atoms with Gasteiger partial charge in [-0.2, -0.15) is 0 Å². The first-order chi connectivity index (χ1) is 6.98. The molecule has 0 aromatic carbocycles. The van der Waals surface area contributed by atoms with Crippen LogP contribution in [0.5, 0.6) is 0 Å². The Morgan fingerprint density at radius 3 is 2.67 bits per heavy atom. The van der Waals surface area contributed by atoms with E-state index in [0.29, 0.717) is 17.4 Å². The molecule has 0 aromatic rings. The molecule has 4 atom stereocenters. The fraction of sp³-hybridized carbons (Fsp3) is 1.00. The Kier molecular flexibility index (Phi) is 2.14. The second-order valence-electron chi connectivity index (χ2n) is 6.05. The van der Waals surface area contributed by atoms with Crippen LogP contribution in [0.15, 0.2) is 0 Å². The predicted octanol–water partition coefficient (Wildman–Crippen LogP) is 2.65. The first kappa shape index (κ1) is 10.6. The summed E-state index contributed by atoms with van der Waals surface area (Å²) in [5, 5.41) is 0.789. The molecule has 1 aliphatic heterocycles. The first-order valence-corrected chi connectivity index (χ1v) is 7.00. The Bertz CT molecular complexity index is 296. The highest BCUT2D eigenvalue weighted by Crippen LogP contribution is 2.65. The zero-order valence-corrected chi connectivity index (χ0v) is 11.2. The summed E-state index contributed by atoms with van der Waals surface area (Å²) in [6, 6.07) is 0. The van der Waals surface area contributed by atoms with E-state index in [1.54, 1.807) is 0 Å². The summed E-state index contributed by atoms with van der Waals surface area (Å²) in [5.74, 6) is 1.52. The van der Waals surface area contributed by atoms with Gasteiger partial charge < -0.3 is 9.31 Å². The van der Waals surface area contributed by atoms with Gasteiger partial charge in [0.1, 0.15) is 0 Å². The molecule has 4 rings (SSSR count). The maximum absolute atomic E-state index is 6.12. The van der Waals surface area contributed by atoms with Gasteiger partial charge >= 0.3 is 7.12 Å². The minimum absolute atomic E-state index is 0.0311. The molecule has 2 nitrogen and oxygen atoms in total. The van der Waals surface area contributed by atoms with Crippen molar-refractivity contribution in [3.05, 3.63) is 0 Å². The zero-order valence-electron chi connectivity index (χ0n) is 9.63. The molecule has 84 valence electrons. The van der Waals surface area contributed by atoms with Gasteiger partial charge in [0.25, 0.3) is 0 Å². The van der Waals surface area contributed by atoms with Crippen molar-refractivity contribution in [1.29, 1.82) is 0 Å². The van der Waals surface area contributed by atoms with E-state index >= 15 is 0 Å². The molecule has 3 aliphatic carbocycles. The van der Waals surface area contributed by atoms with Crippen LogP contribution in [0, 0.1) is 17.3 Å². The van der Waals surface area contributed by atoms with E-state index in [-0.39, 0.29) is 12.7 Å². The van der Waals surface area contributed by atoms with Crippen LogP contribution >= 0.6 is 15.9 Å². The van der Waals surface area contributed by atoms with Gasteiger partial charge in [0.05, 0.1) is 11.7 Å². The molecule has 4 fully saturated rings. The Balaban J connectivity index is 1.89. The molecular formula is C11H18BBrO2. The average Bonchev–Trinajstić information content (AvgIpc) is 2.53. The average molecular weight is 273 g/mol. The van der Waals surface area contributed by atoms with Crippen LogP contribution in [-0.2, 0) is 9.31 Å². The van der Waals surface area contributed by atoms with Crippen LogP contribution in [0.4, 0.5) is 0 Å². The summed E-state index contributed by atoms with van der Waals surface area (Å²) in [5.41, 5.74) is 0.423. The van der Waals surface area contributed by atoms with Crippen molar-refractivity contribution in [3.63, 3.8) is 0 Å². The third kappa shape index (κ3) is 1.19. The van der Waals surface area contributed by atoms with E-state index in [9.17, 15) is 0 Å². The van der Waals surface area contributed by atoms with Crippen LogP contribution in [0.2, 0.25) is 0 Å². The monoisotopic (exact) mass is 272 g/mol. The van der Waals surface area contributed by atoms with Gasteiger partial charge in [0.2, 0.25) is 0 Å². The first-order valence-electron chi connectivity index (χ1n) is 5.87. The molecule has 15 heavy (non-hydrogen) atoms. The summed E-state index contributed by atoms with van der Waals surface area (Å²) in [6.07, 6.45) is 2.85. The van der Waals surface area contributed by atoms with Gasteiger partial charge in [0, 0.05) is 5.23 Å². The third-order valence-corrected chi connectivity index (χ3v) is 5.66. The lowest BCUT2D eigenvalue weighted by molar-refractivity contribution is -0.199. The molecule has 3 saturated carbocycles. The fourth-order valence-electron chi connectivity index (χ4n) is 4.02. The molecule has 0 amide bonds. The van der Waals surface area contributed by atoms with Crippen molar-refractivity contribution in [2.45, 2.75) is 45.3 Å². The van der Waals surface area contributed by atoms with Crippen molar-refractivity contribution < 1.29 is 9.31 Å². The highest BCUT2D eigenvalue weighted by molar-refractivity contribution is 9.09. The van der Waals surface area contributed by atoms with E-state index in [1.165, 1.54) is 12.8 Å². The predicted molar refractivity (Wildman–Crippen MR) is 63.9 cm³/mol. The highest BCUT2D eigenvalue weighted by atomic mass is 79.9. The van der Waals surface area contributed by atoms with Gasteiger partial charge in [-0.15, -0.1) is 0 Å². The zero-order chi connectivity index (χ0) is 10.8. The minimum Gasteiger partial charge on any atom is -0.405 e. The van der Waals surface area contributed by atoms with Crippen molar-refractivity contribution >= 4 is 23.0 Å². The summed E-state index contributed by atoms with van der Waals surface area (Å²) < 4.78 is 12.1. The Hall–Kier alpha value is 0.465. The molecule has 1 saturated heterocycles. The molecule has 0 unspecified atom stereocenters. The lowest BCUT2D eigenvalue weighted by Crippen LogP contribution is -2.65. The summed E-state index contributed by atoms with van der Waals surface area (Å²) in [4.78, 5) is 0. The smallest absolute Gasteiger partial charge is 0.405 e. The van der Waals surface area contributed by atoms with Crippen LogP contribution in [-0.4, -0.2) is 24.1 Å². The Morgan fingerprint density at radius 1 is 1.33 bits per heavy atom. The molecular weight excluding hydrogens is 255 g/mol. The Labute approximate surface area is 100 Å². The second-order valence-corrected chi connectivity index (χ2v) is 6.70. The largest absolute Gasteiger partial charge is 0.468 e. The van der Waals surface area contributed by atoms with Crippen molar-refractivity contribution in [2.24, 2.45) is 17.3 Å². The minimum atomic E-state index is -0.0323. The molecule has 0 spiro atoms. The van der Waals surface area contributed by atoms with E-state index in [4.69, 9.17) is 9.31 Å². The van der Waals surface area contributed by atoms with Gasteiger partial charge in [-0.1, -0.05) is 29.8 Å². The maximum Gasteiger partial charge on any atom is 0.468 e. The van der Waals surface area contributed by atoms with Crippen molar-refractivity contribution in [2.75, 3.05) is 5.23 Å². The number of halogens is 1. The van der Waals surface area contributed by atoms with Gasteiger partial charge in [-0.3, -0.25) is 0 Å². The third-order valence-electron chi connectivity index (χ3n) is 5.13. The number of hydrogen-bond donors (Lipinski definition) is 0. The highest BCUT2D eigenvalue weighted by Gasteiger charge is 2.67. The normalized spacial score (nSPS) is 51.2. The molecule has 0 N–H and O–H groups in total. The van der Waals surface area contributed by atoms with Crippen molar-refractivity contribution in [3.8, 4) is 0 Å². The molecule has 1 heterocycles. The second kappa shape index (κ2) is 3.02. The summed E-state index contributed by atoms with van der Waals surface area (Å²) in [7, 11) is -0.0323. The summed E-state index contributed by atoms with van der Waals surface area (Å²) >= 11 is 3.45. The van der Waals surface area contributed by atoms with Crippen LogP contribution in [0.1, 0.15) is 33.6 Å². The van der Waals surface area contributed by atoms with Gasteiger partial charge in [0.15, 0.2) is 0 Å². The molecule has 4 aliphatic rings. The quantitative estimate of drug-likeness (QED) is 0.540. The maximum atomic E-state index is 6.12. The van der Waals surface area contributed by atoms with E-state index < -0.39 is 0 Å². The molecule has 2 bridgehead atoms. The standard InChI is InChI=1S/C11H18BBrO2/c1-10(2)7-4-8(10)11(3)9(5-7)14-12(6-13)15-11/h7-9H,4-6H2,1-3H3/t7-,8-,9+,11-/m1/s1. The number of alkyl halides is 1. The molecule has 0 radical (unpaired) electrons. The van der Waals surface area contributed by atoms with Gasteiger partial charge in [-0.25, -0.2) is 0 Å². The lowest BCUT2D eigenvalue weighted by Gasteiger charge is -2.64. The lowest BCUT2D eigenvalue weighted by atomic mass is 9.43. The van der Waals surface area contributed by atoms with E-state index in [0.717, 1.165) is 11.1 Å². The summed E-state index contributed by atoms with van der Waals surface area (Å²) in [6.45, 7) is 7.03. The van der Waals surface area contributed by atoms with Crippen molar-refractivity contribution in [1.82, 2.24) is 0 Å². The van der Waals surface area contributed by atoms with Gasteiger partial charge in [-0.05, 0) is 37.0 Å². The number of rotatable bonds is 1.